The second kappa shape index (κ2) is 4.67. The van der Waals surface area contributed by atoms with Crippen molar-refractivity contribution in [3.8, 4) is 11.3 Å². The highest BCUT2D eigenvalue weighted by Gasteiger charge is 2.09. The molecule has 1 aromatic heterocycles. The summed E-state index contributed by atoms with van der Waals surface area (Å²) in [5, 5.41) is 0.735. The fraction of sp³-hybridized carbons (Fsp3) is 0.0625. The van der Waals surface area contributed by atoms with Crippen LogP contribution in [0, 0.1) is 6.92 Å². The lowest BCUT2D eigenvalue weighted by Gasteiger charge is -2.09. The summed E-state index contributed by atoms with van der Waals surface area (Å²) in [7, 11) is 0. The Hall–Kier alpha value is -1.87. The Morgan fingerprint density at radius 1 is 1.05 bits per heavy atom. The van der Waals surface area contributed by atoms with Crippen LogP contribution in [0.5, 0.6) is 0 Å². The maximum Gasteiger partial charge on any atom is 0.192 e. The quantitative estimate of drug-likeness (QED) is 0.715. The number of nitrogens with one attached hydrogen (secondary N) is 1. The van der Waals surface area contributed by atoms with Gasteiger partial charge in [0.1, 0.15) is 0 Å². The molecule has 0 spiro atoms. The van der Waals surface area contributed by atoms with Gasteiger partial charge in [-0.15, -0.1) is 0 Å². The molecule has 3 aromatic rings. The minimum absolute atomic E-state index is 0.0873. The van der Waals surface area contributed by atoms with Gasteiger partial charge in [-0.1, -0.05) is 40.2 Å². The third kappa shape index (κ3) is 2.10. The van der Waals surface area contributed by atoms with E-state index in [9.17, 15) is 4.79 Å². The van der Waals surface area contributed by atoms with Crippen molar-refractivity contribution in [1.29, 1.82) is 0 Å². The Bertz CT molecular complexity index is 820. The van der Waals surface area contributed by atoms with Gasteiger partial charge in [0.2, 0.25) is 0 Å². The average Bonchev–Trinajstić information content (AvgIpc) is 2.43. The van der Waals surface area contributed by atoms with Gasteiger partial charge < -0.3 is 4.98 Å². The summed E-state index contributed by atoms with van der Waals surface area (Å²) >= 11 is 3.46. The number of para-hydroxylation sites is 1. The van der Waals surface area contributed by atoms with E-state index in [1.807, 2.05) is 55.5 Å². The molecule has 3 rings (SSSR count). The van der Waals surface area contributed by atoms with Crippen LogP contribution in [-0.2, 0) is 0 Å². The van der Waals surface area contributed by atoms with E-state index in [2.05, 4.69) is 20.9 Å². The van der Waals surface area contributed by atoms with Crippen LogP contribution >= 0.6 is 15.9 Å². The monoisotopic (exact) mass is 313 g/mol. The van der Waals surface area contributed by atoms with Crippen molar-refractivity contribution in [3.63, 3.8) is 0 Å². The van der Waals surface area contributed by atoms with Gasteiger partial charge in [-0.25, -0.2) is 0 Å². The fourth-order valence-electron chi connectivity index (χ4n) is 2.27. The first-order valence-corrected chi connectivity index (χ1v) is 6.83. The average molecular weight is 314 g/mol. The minimum Gasteiger partial charge on any atom is -0.354 e. The molecule has 0 saturated carbocycles. The first-order chi connectivity index (χ1) is 9.16. The van der Waals surface area contributed by atoms with Gasteiger partial charge in [-0.05, 0) is 36.8 Å². The number of fused-ring (bicyclic) bond motifs is 1. The van der Waals surface area contributed by atoms with Crippen LogP contribution in [0.4, 0.5) is 0 Å². The SMILES string of the molecule is Cc1c(-c2cccc(Br)c2)[nH]c2ccccc2c1=O. The van der Waals surface area contributed by atoms with Gasteiger partial charge in [0.25, 0.3) is 0 Å². The van der Waals surface area contributed by atoms with Crippen LogP contribution in [0.3, 0.4) is 0 Å². The third-order valence-corrected chi connectivity index (χ3v) is 3.75. The number of aromatic amines is 1. The Morgan fingerprint density at radius 2 is 1.84 bits per heavy atom. The molecule has 0 saturated heterocycles. The number of halogens is 1. The molecule has 0 bridgehead atoms. The number of benzene rings is 2. The van der Waals surface area contributed by atoms with Gasteiger partial charge in [-0.2, -0.15) is 0 Å². The van der Waals surface area contributed by atoms with E-state index in [1.165, 1.54) is 0 Å². The van der Waals surface area contributed by atoms with Gasteiger partial charge in [-0.3, -0.25) is 4.79 Å². The topological polar surface area (TPSA) is 32.9 Å². The second-order valence-electron chi connectivity index (χ2n) is 4.51. The third-order valence-electron chi connectivity index (χ3n) is 3.26. The van der Waals surface area contributed by atoms with Crippen molar-refractivity contribution in [1.82, 2.24) is 4.98 Å². The number of pyridine rings is 1. The maximum atomic E-state index is 12.4. The van der Waals surface area contributed by atoms with E-state index in [0.717, 1.165) is 32.2 Å². The predicted octanol–water partition coefficient (Wildman–Crippen LogP) is 4.27. The Labute approximate surface area is 119 Å². The molecule has 0 radical (unpaired) electrons. The van der Waals surface area contributed by atoms with Gasteiger partial charge >= 0.3 is 0 Å². The van der Waals surface area contributed by atoms with E-state index in [1.54, 1.807) is 0 Å². The standard InChI is InChI=1S/C16H12BrNO/c1-10-15(11-5-4-6-12(17)9-11)18-14-8-3-2-7-13(14)16(10)19/h2-9H,1H3,(H,18,19). The van der Waals surface area contributed by atoms with Crippen LogP contribution in [0.15, 0.2) is 57.8 Å². The van der Waals surface area contributed by atoms with Gasteiger partial charge in [0, 0.05) is 20.9 Å². The zero-order valence-corrected chi connectivity index (χ0v) is 12.0. The largest absolute Gasteiger partial charge is 0.354 e. The molecule has 0 fully saturated rings. The summed E-state index contributed by atoms with van der Waals surface area (Å²) in [6.07, 6.45) is 0. The van der Waals surface area contributed by atoms with Crippen LogP contribution in [0.2, 0.25) is 0 Å². The van der Waals surface area contributed by atoms with Gasteiger partial charge in [0.15, 0.2) is 5.43 Å². The summed E-state index contributed by atoms with van der Waals surface area (Å²) in [4.78, 5) is 15.7. The summed E-state index contributed by atoms with van der Waals surface area (Å²) in [5.41, 5.74) is 3.59. The Morgan fingerprint density at radius 3 is 2.63 bits per heavy atom. The van der Waals surface area contributed by atoms with E-state index in [0.29, 0.717) is 0 Å². The van der Waals surface area contributed by atoms with Crippen molar-refractivity contribution in [2.75, 3.05) is 0 Å². The lowest BCUT2D eigenvalue weighted by Crippen LogP contribution is -2.09. The van der Waals surface area contributed by atoms with Crippen LogP contribution in [0.25, 0.3) is 22.2 Å². The fourth-order valence-corrected chi connectivity index (χ4v) is 2.67. The van der Waals surface area contributed by atoms with Crippen LogP contribution < -0.4 is 5.43 Å². The van der Waals surface area contributed by atoms with Crippen LogP contribution in [-0.4, -0.2) is 4.98 Å². The summed E-state index contributed by atoms with van der Waals surface area (Å²) in [5.74, 6) is 0. The Balaban J connectivity index is 2.36. The molecule has 94 valence electrons. The highest BCUT2D eigenvalue weighted by molar-refractivity contribution is 9.10. The molecule has 0 unspecified atom stereocenters. The number of hydrogen-bond donors (Lipinski definition) is 1. The molecular weight excluding hydrogens is 302 g/mol. The molecule has 19 heavy (non-hydrogen) atoms. The molecule has 1 N–H and O–H groups in total. The lowest BCUT2D eigenvalue weighted by molar-refractivity contribution is 1.30. The van der Waals surface area contributed by atoms with Gasteiger partial charge in [0.05, 0.1) is 5.69 Å². The molecular formula is C16H12BrNO. The number of rotatable bonds is 1. The van der Waals surface area contributed by atoms with E-state index in [-0.39, 0.29) is 5.43 Å². The molecule has 0 aliphatic carbocycles. The number of aromatic nitrogens is 1. The second-order valence-corrected chi connectivity index (χ2v) is 5.43. The summed E-state index contributed by atoms with van der Waals surface area (Å²) in [6.45, 7) is 1.86. The Kier molecular flexibility index (Phi) is 2.99. The van der Waals surface area contributed by atoms with E-state index < -0.39 is 0 Å². The lowest BCUT2D eigenvalue weighted by atomic mass is 10.0. The maximum absolute atomic E-state index is 12.4. The molecule has 2 nitrogen and oxygen atoms in total. The zero-order valence-electron chi connectivity index (χ0n) is 10.4. The number of H-pyrrole nitrogens is 1. The first kappa shape index (κ1) is 12.2. The molecule has 0 aliphatic heterocycles. The molecule has 3 heteroatoms. The van der Waals surface area contributed by atoms with Crippen molar-refractivity contribution in [3.05, 3.63) is 68.8 Å². The smallest absolute Gasteiger partial charge is 0.192 e. The highest BCUT2D eigenvalue weighted by atomic mass is 79.9. The predicted molar refractivity (Wildman–Crippen MR) is 82.4 cm³/mol. The van der Waals surface area contributed by atoms with E-state index in [4.69, 9.17) is 0 Å². The van der Waals surface area contributed by atoms with E-state index >= 15 is 0 Å². The molecule has 0 amide bonds. The summed E-state index contributed by atoms with van der Waals surface area (Å²) < 4.78 is 0.999. The summed E-state index contributed by atoms with van der Waals surface area (Å²) in [6, 6.07) is 15.5. The van der Waals surface area contributed by atoms with Crippen molar-refractivity contribution in [2.45, 2.75) is 6.92 Å². The van der Waals surface area contributed by atoms with Crippen molar-refractivity contribution < 1.29 is 0 Å². The number of hydrogen-bond acceptors (Lipinski definition) is 1. The molecule has 1 heterocycles. The molecule has 2 aromatic carbocycles. The zero-order chi connectivity index (χ0) is 13.4. The normalized spacial score (nSPS) is 10.8. The van der Waals surface area contributed by atoms with Crippen molar-refractivity contribution in [2.24, 2.45) is 0 Å². The molecule has 0 atom stereocenters. The molecule has 0 aliphatic rings. The van der Waals surface area contributed by atoms with Crippen LogP contribution in [0.1, 0.15) is 5.56 Å². The van der Waals surface area contributed by atoms with Crippen molar-refractivity contribution >= 4 is 26.8 Å². The first-order valence-electron chi connectivity index (χ1n) is 6.04. The highest BCUT2D eigenvalue weighted by Crippen LogP contribution is 2.24. The minimum atomic E-state index is 0.0873.